The third-order valence-corrected chi connectivity index (χ3v) is 10.0. The second kappa shape index (κ2) is 31.7. The Hall–Kier alpha value is -0.200. The number of halogens is 1. The summed E-state index contributed by atoms with van der Waals surface area (Å²) in [5.74, 6) is 0.146. The van der Waals surface area contributed by atoms with E-state index in [-0.39, 0.29) is 12.4 Å². The van der Waals surface area contributed by atoms with Gasteiger partial charge in [0.05, 0.1) is 45.2 Å². The molecule has 4 nitrogen and oxygen atoms in total. The molecule has 0 aromatic carbocycles. The summed E-state index contributed by atoms with van der Waals surface area (Å²) in [7, 11) is -3.35. The molecule has 0 aliphatic heterocycles. The molecule has 0 N–H and O–H groups in total. The number of unbranched alkanes of at least 4 members (excludes halogenated alkanes) is 20. The Bertz CT molecular complexity index is 564. The molecule has 0 fully saturated rings. The van der Waals surface area contributed by atoms with Crippen molar-refractivity contribution in [3.63, 3.8) is 0 Å². The lowest BCUT2D eigenvalue weighted by Gasteiger charge is -2.34. The van der Waals surface area contributed by atoms with Gasteiger partial charge in [-0.1, -0.05) is 129 Å². The fraction of sp³-hybridized carbons (Fsp3) is 1.00. The molecule has 0 rings (SSSR count). The van der Waals surface area contributed by atoms with Crippen LogP contribution in [0.2, 0.25) is 0 Å². The summed E-state index contributed by atoms with van der Waals surface area (Å²) >= 11 is 0. The van der Waals surface area contributed by atoms with Crippen LogP contribution < -0.4 is 0 Å². The summed E-state index contributed by atoms with van der Waals surface area (Å²) in [5.41, 5.74) is 0. The minimum atomic E-state index is -3.35. The summed E-state index contributed by atoms with van der Waals surface area (Å²) in [6.45, 7) is 16.6. The fourth-order valence-corrected chi connectivity index (χ4v) is 6.36. The molecule has 0 saturated carbocycles. The molecular weight excluding hydrogens is 521 g/mol. The highest BCUT2D eigenvalue weighted by atomic mass is 32.2. The van der Waals surface area contributed by atoms with Gasteiger partial charge in [-0.25, -0.2) is 0 Å². The maximum atomic E-state index is 12.0. The standard InChI is InChI=1S/C26H53FO3S.C8H20N/c1-2-3-4-5-6-7-8-9-10-11-13-16-19-22-25-30-31(28,29)26-23-20-17-14-12-15-18-21-24-27;1-5-9(6-2,7-3)8-4/h2-26H2,1H3;5-8H2,1-4H3/q;+1. The van der Waals surface area contributed by atoms with Gasteiger partial charge in [-0.15, -0.1) is 0 Å². The van der Waals surface area contributed by atoms with Crippen LogP contribution in [0.5, 0.6) is 0 Å². The number of alkyl halides is 1. The SMILES string of the molecule is CCCCCCCCCCCCCCCCOS(=O)(=O)CCCCCCCCCCF.CC[N+](CC)(CC)CC. The first-order chi connectivity index (χ1) is 19.4. The molecule has 6 heteroatoms. The molecule has 0 saturated heterocycles. The van der Waals surface area contributed by atoms with E-state index in [0.29, 0.717) is 19.4 Å². The van der Waals surface area contributed by atoms with Gasteiger partial charge in [0.1, 0.15) is 0 Å². The number of nitrogens with zero attached hydrogens (tertiary/aromatic N) is 1. The van der Waals surface area contributed by atoms with E-state index < -0.39 is 10.1 Å². The molecule has 40 heavy (non-hydrogen) atoms. The van der Waals surface area contributed by atoms with Gasteiger partial charge in [0.2, 0.25) is 0 Å². The van der Waals surface area contributed by atoms with Gasteiger partial charge in [0.15, 0.2) is 0 Å². The van der Waals surface area contributed by atoms with E-state index in [2.05, 4.69) is 34.6 Å². The van der Waals surface area contributed by atoms with E-state index in [4.69, 9.17) is 4.18 Å². The zero-order chi connectivity index (χ0) is 30.2. The van der Waals surface area contributed by atoms with Gasteiger partial charge in [0, 0.05) is 0 Å². The quantitative estimate of drug-likeness (QED) is 0.0472. The van der Waals surface area contributed by atoms with Crippen molar-refractivity contribution < 1.29 is 21.5 Å². The van der Waals surface area contributed by atoms with Gasteiger partial charge in [-0.05, 0) is 47.0 Å². The van der Waals surface area contributed by atoms with Crippen LogP contribution in [0.4, 0.5) is 4.39 Å². The smallest absolute Gasteiger partial charge is 0.267 e. The molecule has 0 unspecified atom stereocenters. The molecule has 0 spiro atoms. The molecule has 0 heterocycles. The van der Waals surface area contributed by atoms with Crippen LogP contribution in [0.3, 0.4) is 0 Å². The van der Waals surface area contributed by atoms with Crippen molar-refractivity contribution in [2.45, 2.75) is 176 Å². The van der Waals surface area contributed by atoms with E-state index in [1.54, 1.807) is 0 Å². The monoisotopic (exact) mass is 595 g/mol. The topological polar surface area (TPSA) is 43.4 Å². The van der Waals surface area contributed by atoms with E-state index in [0.717, 1.165) is 51.4 Å². The number of quaternary nitrogens is 1. The molecule has 0 aromatic heterocycles. The van der Waals surface area contributed by atoms with Gasteiger partial charge < -0.3 is 4.48 Å². The molecule has 0 bridgehead atoms. The third-order valence-electron chi connectivity index (χ3n) is 8.72. The van der Waals surface area contributed by atoms with Crippen molar-refractivity contribution in [2.24, 2.45) is 0 Å². The second-order valence-corrected chi connectivity index (χ2v) is 13.6. The summed E-state index contributed by atoms with van der Waals surface area (Å²) in [6, 6.07) is 0. The molecule has 244 valence electrons. The highest BCUT2D eigenvalue weighted by Gasteiger charge is 2.16. The Morgan fingerprint density at radius 3 is 1.12 bits per heavy atom. The zero-order valence-corrected chi connectivity index (χ0v) is 28.8. The first kappa shape index (κ1) is 41.9. The van der Waals surface area contributed by atoms with Gasteiger partial charge in [-0.3, -0.25) is 8.57 Å². The highest BCUT2D eigenvalue weighted by molar-refractivity contribution is 7.86. The van der Waals surface area contributed by atoms with Crippen LogP contribution in [-0.2, 0) is 14.3 Å². The Labute approximate surface area is 252 Å². The molecule has 0 aromatic rings. The van der Waals surface area contributed by atoms with Crippen LogP contribution in [0.15, 0.2) is 0 Å². The Balaban J connectivity index is 0. The highest BCUT2D eigenvalue weighted by Crippen LogP contribution is 2.14. The molecule has 0 aliphatic rings. The predicted molar refractivity (Wildman–Crippen MR) is 175 cm³/mol. The van der Waals surface area contributed by atoms with E-state index in [1.165, 1.54) is 108 Å². The van der Waals surface area contributed by atoms with Gasteiger partial charge in [-0.2, -0.15) is 8.42 Å². The van der Waals surface area contributed by atoms with Gasteiger partial charge in [0.25, 0.3) is 10.1 Å². The van der Waals surface area contributed by atoms with Crippen molar-refractivity contribution in [3.8, 4) is 0 Å². The molecule has 0 radical (unpaired) electrons. The fourth-order valence-electron chi connectivity index (χ4n) is 5.32. The minimum Gasteiger partial charge on any atom is -0.325 e. The first-order valence-electron chi connectivity index (χ1n) is 17.6. The molecule has 0 amide bonds. The largest absolute Gasteiger partial charge is 0.325 e. The van der Waals surface area contributed by atoms with Crippen LogP contribution in [-0.4, -0.2) is 58.1 Å². The van der Waals surface area contributed by atoms with E-state index in [1.807, 2.05) is 0 Å². The Kier molecular flexibility index (Phi) is 33.3. The lowest BCUT2D eigenvalue weighted by molar-refractivity contribution is -0.921. The van der Waals surface area contributed by atoms with Crippen molar-refractivity contribution in [3.05, 3.63) is 0 Å². The first-order valence-corrected chi connectivity index (χ1v) is 19.2. The summed E-state index contributed by atoms with van der Waals surface area (Å²) in [4.78, 5) is 0. The summed E-state index contributed by atoms with van der Waals surface area (Å²) < 4.78 is 42.2. The van der Waals surface area contributed by atoms with Crippen molar-refractivity contribution >= 4 is 10.1 Å². The Morgan fingerprint density at radius 1 is 0.475 bits per heavy atom. The normalized spacial score (nSPS) is 11.9. The van der Waals surface area contributed by atoms with E-state index in [9.17, 15) is 12.8 Å². The molecule has 0 aliphatic carbocycles. The maximum absolute atomic E-state index is 12.0. The lowest BCUT2D eigenvalue weighted by atomic mass is 10.0. The number of hydrogen-bond donors (Lipinski definition) is 0. The number of rotatable bonds is 30. The van der Waals surface area contributed by atoms with Crippen LogP contribution >= 0.6 is 0 Å². The lowest BCUT2D eigenvalue weighted by Crippen LogP contribution is -2.47. The minimum absolute atomic E-state index is 0.146. The van der Waals surface area contributed by atoms with Gasteiger partial charge >= 0.3 is 0 Å². The van der Waals surface area contributed by atoms with Crippen LogP contribution in [0.1, 0.15) is 176 Å². The molecular formula is C34H73FNO3S+. The van der Waals surface area contributed by atoms with Crippen molar-refractivity contribution in [1.82, 2.24) is 0 Å². The van der Waals surface area contributed by atoms with Crippen LogP contribution in [0, 0.1) is 0 Å². The summed E-state index contributed by atoms with van der Waals surface area (Å²) in [6.07, 6.45) is 25.8. The average molecular weight is 595 g/mol. The predicted octanol–water partition coefficient (Wildman–Crippen LogP) is 10.8. The molecule has 0 atom stereocenters. The average Bonchev–Trinajstić information content (AvgIpc) is 2.96. The second-order valence-electron chi connectivity index (χ2n) is 11.8. The summed E-state index contributed by atoms with van der Waals surface area (Å²) in [5, 5.41) is 0. The van der Waals surface area contributed by atoms with Crippen LogP contribution in [0.25, 0.3) is 0 Å². The zero-order valence-electron chi connectivity index (χ0n) is 28.0. The number of hydrogen-bond acceptors (Lipinski definition) is 3. The van der Waals surface area contributed by atoms with Crippen molar-refractivity contribution in [1.29, 1.82) is 0 Å². The third kappa shape index (κ3) is 29.3. The van der Waals surface area contributed by atoms with E-state index >= 15 is 0 Å². The maximum Gasteiger partial charge on any atom is 0.267 e. The Morgan fingerprint density at radius 2 is 0.800 bits per heavy atom. The van der Waals surface area contributed by atoms with Crippen molar-refractivity contribution in [2.75, 3.05) is 45.2 Å².